The van der Waals surface area contributed by atoms with Crippen LogP contribution in [0.5, 0.6) is 5.75 Å². The molecule has 2 aromatic heterocycles. The molecule has 5 nitrogen and oxygen atoms in total. The van der Waals surface area contributed by atoms with Crippen molar-refractivity contribution in [3.63, 3.8) is 0 Å². The molecule has 182 valence electrons. The average molecular weight is 503 g/mol. The van der Waals surface area contributed by atoms with Crippen LogP contribution in [0.1, 0.15) is 40.2 Å². The molecule has 0 aliphatic heterocycles. The fourth-order valence-electron chi connectivity index (χ4n) is 3.33. The van der Waals surface area contributed by atoms with E-state index in [2.05, 4.69) is 15.3 Å². The van der Waals surface area contributed by atoms with E-state index in [1.165, 1.54) is 23.0 Å². The van der Waals surface area contributed by atoms with Gasteiger partial charge in [-0.25, -0.2) is 9.37 Å². The Morgan fingerprint density at radius 1 is 1.03 bits per heavy atom. The molecular weight excluding hydrogens is 480 g/mol. The fraction of sp³-hybridized carbons (Fsp3) is 0.240. The minimum atomic E-state index is -4.58. The molecule has 0 unspecified atom stereocenters. The van der Waals surface area contributed by atoms with E-state index in [0.29, 0.717) is 16.8 Å². The number of halogens is 4. The van der Waals surface area contributed by atoms with E-state index in [-0.39, 0.29) is 12.2 Å². The van der Waals surface area contributed by atoms with Gasteiger partial charge in [-0.15, -0.1) is 16.4 Å². The SMILES string of the molecule is Fc1cc(C(F)(F)F)ccc1/C=C/c1nc(COc2ccc(CCCCn3ccnn3)cc2)cs1. The highest BCUT2D eigenvalue weighted by Crippen LogP contribution is 2.30. The van der Waals surface area contributed by atoms with Crippen LogP contribution in [0.25, 0.3) is 12.2 Å². The third kappa shape index (κ3) is 7.22. The predicted molar refractivity (Wildman–Crippen MR) is 126 cm³/mol. The number of alkyl halides is 3. The van der Waals surface area contributed by atoms with Gasteiger partial charge in [-0.05, 0) is 61.2 Å². The van der Waals surface area contributed by atoms with Crippen LogP contribution in [-0.2, 0) is 25.7 Å². The Hall–Kier alpha value is -3.53. The molecule has 0 fully saturated rings. The summed E-state index contributed by atoms with van der Waals surface area (Å²) in [6.07, 6.45) is 4.96. The molecule has 0 aliphatic rings. The molecule has 0 saturated heterocycles. The minimum absolute atomic E-state index is 0.0597. The number of hydrogen-bond acceptors (Lipinski definition) is 5. The molecular formula is C25H22F4N4OS. The average Bonchev–Trinajstić information content (AvgIpc) is 3.52. The molecule has 35 heavy (non-hydrogen) atoms. The number of aryl methyl sites for hydroxylation is 2. The first-order valence-electron chi connectivity index (χ1n) is 10.9. The van der Waals surface area contributed by atoms with Crippen molar-refractivity contribution in [3.05, 3.63) is 93.4 Å². The summed E-state index contributed by atoms with van der Waals surface area (Å²) in [7, 11) is 0. The van der Waals surface area contributed by atoms with Gasteiger partial charge in [0.1, 0.15) is 23.2 Å². The molecule has 0 aliphatic carbocycles. The zero-order chi connectivity index (χ0) is 24.7. The lowest BCUT2D eigenvalue weighted by molar-refractivity contribution is -0.137. The number of aromatic nitrogens is 4. The predicted octanol–water partition coefficient (Wildman–Crippen LogP) is 6.66. The van der Waals surface area contributed by atoms with Crippen molar-refractivity contribution in [2.75, 3.05) is 0 Å². The van der Waals surface area contributed by atoms with Crippen LogP contribution in [0.2, 0.25) is 0 Å². The summed E-state index contributed by atoms with van der Waals surface area (Å²) in [5, 5.41) is 10.2. The molecule has 4 aromatic rings. The lowest BCUT2D eigenvalue weighted by atomic mass is 10.1. The van der Waals surface area contributed by atoms with Gasteiger partial charge in [0, 0.05) is 23.7 Å². The first kappa shape index (κ1) is 24.6. The molecule has 0 spiro atoms. The van der Waals surface area contributed by atoms with E-state index in [1.807, 2.05) is 40.5 Å². The number of benzene rings is 2. The highest BCUT2D eigenvalue weighted by atomic mass is 32.1. The van der Waals surface area contributed by atoms with Crippen molar-refractivity contribution in [1.29, 1.82) is 0 Å². The van der Waals surface area contributed by atoms with Gasteiger partial charge in [-0.2, -0.15) is 13.2 Å². The highest BCUT2D eigenvalue weighted by Gasteiger charge is 2.30. The Morgan fingerprint density at radius 3 is 2.57 bits per heavy atom. The van der Waals surface area contributed by atoms with Gasteiger partial charge < -0.3 is 4.74 Å². The molecule has 0 atom stereocenters. The van der Waals surface area contributed by atoms with E-state index >= 15 is 0 Å². The maximum absolute atomic E-state index is 14.0. The number of unbranched alkanes of at least 4 members (excludes halogenated alkanes) is 1. The monoisotopic (exact) mass is 502 g/mol. The summed E-state index contributed by atoms with van der Waals surface area (Å²) in [6, 6.07) is 10.4. The molecule has 0 N–H and O–H groups in total. The molecule has 2 aromatic carbocycles. The molecule has 10 heteroatoms. The Balaban J connectivity index is 1.24. The maximum Gasteiger partial charge on any atom is 0.416 e. The summed E-state index contributed by atoms with van der Waals surface area (Å²) in [6.45, 7) is 1.13. The van der Waals surface area contributed by atoms with Gasteiger partial charge >= 0.3 is 6.18 Å². The van der Waals surface area contributed by atoms with E-state index in [9.17, 15) is 17.6 Å². The summed E-state index contributed by atoms with van der Waals surface area (Å²) in [5.74, 6) is -0.205. The quantitative estimate of drug-likeness (QED) is 0.180. The van der Waals surface area contributed by atoms with Crippen molar-refractivity contribution < 1.29 is 22.3 Å². The maximum atomic E-state index is 14.0. The van der Waals surface area contributed by atoms with Crippen LogP contribution in [0, 0.1) is 5.82 Å². The summed E-state index contributed by atoms with van der Waals surface area (Å²) in [4.78, 5) is 4.41. The molecule has 0 saturated carbocycles. The summed E-state index contributed by atoms with van der Waals surface area (Å²) >= 11 is 1.34. The van der Waals surface area contributed by atoms with Gasteiger partial charge in [0.25, 0.3) is 0 Å². The second kappa shape index (κ2) is 11.3. The molecule has 0 radical (unpaired) electrons. The van der Waals surface area contributed by atoms with Crippen LogP contribution >= 0.6 is 11.3 Å². The van der Waals surface area contributed by atoms with Crippen LogP contribution in [0.3, 0.4) is 0 Å². The smallest absolute Gasteiger partial charge is 0.416 e. The van der Waals surface area contributed by atoms with E-state index in [1.54, 1.807) is 12.3 Å². The van der Waals surface area contributed by atoms with Crippen LogP contribution in [0.4, 0.5) is 17.6 Å². The zero-order valence-electron chi connectivity index (χ0n) is 18.6. The Kier molecular flexibility index (Phi) is 7.91. The number of ether oxygens (including phenoxy) is 1. The number of nitrogens with zero attached hydrogens (tertiary/aromatic N) is 4. The number of rotatable bonds is 10. The Morgan fingerprint density at radius 2 is 1.86 bits per heavy atom. The fourth-order valence-corrected chi connectivity index (χ4v) is 4.02. The first-order valence-corrected chi connectivity index (χ1v) is 11.8. The van der Waals surface area contributed by atoms with Gasteiger partial charge in [0.15, 0.2) is 0 Å². The zero-order valence-corrected chi connectivity index (χ0v) is 19.4. The number of thiazole rings is 1. The second-order valence-electron chi connectivity index (χ2n) is 7.80. The van der Waals surface area contributed by atoms with Crippen molar-refractivity contribution in [2.45, 2.75) is 38.6 Å². The van der Waals surface area contributed by atoms with Gasteiger partial charge in [-0.1, -0.05) is 23.4 Å². The molecule has 0 bridgehead atoms. The van der Waals surface area contributed by atoms with Gasteiger partial charge in [-0.3, -0.25) is 4.68 Å². The van der Waals surface area contributed by atoms with Crippen molar-refractivity contribution in [2.24, 2.45) is 0 Å². The standard InChI is InChI=1S/C25H22F4N4OS/c26-23-15-20(25(27,28)29)8-6-19(23)7-11-24-31-21(17-35-24)16-34-22-9-4-18(5-10-22)3-1-2-13-33-14-12-30-32-33/h4-12,14-15,17H,1-3,13,16H2/b11-7+. The normalized spacial score (nSPS) is 11.9. The topological polar surface area (TPSA) is 52.8 Å². The Bertz CT molecular complexity index is 1250. The Labute approximate surface area is 203 Å². The molecule has 0 amide bonds. The van der Waals surface area contributed by atoms with Crippen LogP contribution < -0.4 is 4.74 Å². The third-order valence-corrected chi connectivity index (χ3v) is 6.05. The lowest BCUT2D eigenvalue weighted by Crippen LogP contribution is -2.05. The first-order chi connectivity index (χ1) is 16.9. The summed E-state index contributed by atoms with van der Waals surface area (Å²) < 4.78 is 59.6. The summed E-state index contributed by atoms with van der Waals surface area (Å²) in [5.41, 5.74) is 0.980. The molecule has 4 rings (SSSR count). The van der Waals surface area contributed by atoms with Crippen molar-refractivity contribution in [1.82, 2.24) is 20.0 Å². The van der Waals surface area contributed by atoms with Gasteiger partial charge in [0.05, 0.1) is 17.5 Å². The van der Waals surface area contributed by atoms with E-state index in [0.717, 1.165) is 43.7 Å². The van der Waals surface area contributed by atoms with Crippen molar-refractivity contribution >= 4 is 23.5 Å². The van der Waals surface area contributed by atoms with Crippen LogP contribution in [0.15, 0.2) is 60.2 Å². The lowest BCUT2D eigenvalue weighted by Gasteiger charge is -2.07. The number of hydrogen-bond donors (Lipinski definition) is 0. The van der Waals surface area contributed by atoms with E-state index in [4.69, 9.17) is 4.74 Å². The van der Waals surface area contributed by atoms with Crippen LogP contribution in [-0.4, -0.2) is 20.0 Å². The van der Waals surface area contributed by atoms with Crippen molar-refractivity contribution in [3.8, 4) is 5.75 Å². The largest absolute Gasteiger partial charge is 0.487 e. The molecule has 2 heterocycles. The second-order valence-corrected chi connectivity index (χ2v) is 8.69. The minimum Gasteiger partial charge on any atom is -0.487 e. The highest BCUT2D eigenvalue weighted by molar-refractivity contribution is 7.10. The van der Waals surface area contributed by atoms with E-state index < -0.39 is 17.6 Å². The third-order valence-electron chi connectivity index (χ3n) is 5.19. The van der Waals surface area contributed by atoms with Gasteiger partial charge in [0.2, 0.25) is 0 Å².